The second kappa shape index (κ2) is 7.33. The fraction of sp³-hybridized carbons (Fsp3) is 0.733. The lowest BCUT2D eigenvalue weighted by Gasteiger charge is -2.31. The van der Waals surface area contributed by atoms with Gasteiger partial charge in [0.05, 0.1) is 18.5 Å². The van der Waals surface area contributed by atoms with Gasteiger partial charge in [0.1, 0.15) is 0 Å². The van der Waals surface area contributed by atoms with E-state index < -0.39 is 0 Å². The molecule has 2 rings (SSSR count). The predicted octanol–water partition coefficient (Wildman–Crippen LogP) is 2.57. The third-order valence-corrected chi connectivity index (χ3v) is 3.58. The number of rotatable bonds is 5. The van der Waals surface area contributed by atoms with Gasteiger partial charge < -0.3 is 15.0 Å². The average Bonchev–Trinajstić information content (AvgIpc) is 2.86. The Morgan fingerprint density at radius 3 is 2.81 bits per heavy atom. The first-order valence-corrected chi connectivity index (χ1v) is 7.79. The number of hydrogen-bond acceptors (Lipinski definition) is 4. The molecule has 0 radical (unpaired) electrons. The maximum Gasteiger partial charge on any atom is 0.409 e. The van der Waals surface area contributed by atoms with E-state index in [1.54, 1.807) is 4.90 Å². The minimum Gasteiger partial charge on any atom is -0.450 e. The molecule has 0 aliphatic carbocycles. The van der Waals surface area contributed by atoms with Gasteiger partial charge in [-0.15, -0.1) is 0 Å². The Labute approximate surface area is 126 Å². The normalized spacial score (nSPS) is 16.3. The molecule has 0 unspecified atom stereocenters. The van der Waals surface area contributed by atoms with E-state index in [0.29, 0.717) is 18.6 Å². The molecule has 2 heterocycles. The Balaban J connectivity index is 1.78. The van der Waals surface area contributed by atoms with Gasteiger partial charge in [0, 0.05) is 31.9 Å². The van der Waals surface area contributed by atoms with Crippen molar-refractivity contribution in [3.8, 4) is 0 Å². The fourth-order valence-electron chi connectivity index (χ4n) is 2.57. The van der Waals surface area contributed by atoms with Crippen molar-refractivity contribution in [3.05, 3.63) is 12.4 Å². The van der Waals surface area contributed by atoms with Crippen LogP contribution >= 0.6 is 0 Å². The molecule has 0 saturated carbocycles. The standard InChI is InChI=1S/C15H26N4O2/c1-4-21-15(20)18-7-5-13(6-8-18)17-14-9-16-19(11-14)10-12(2)3/h9,11-13,17H,4-8,10H2,1-3H3. The van der Waals surface area contributed by atoms with Crippen LogP contribution in [-0.4, -0.2) is 46.5 Å². The van der Waals surface area contributed by atoms with Crippen LogP contribution in [0.2, 0.25) is 0 Å². The summed E-state index contributed by atoms with van der Waals surface area (Å²) >= 11 is 0. The van der Waals surface area contributed by atoms with Crippen LogP contribution in [-0.2, 0) is 11.3 Å². The quantitative estimate of drug-likeness (QED) is 0.906. The Morgan fingerprint density at radius 2 is 2.19 bits per heavy atom. The highest BCUT2D eigenvalue weighted by molar-refractivity contribution is 5.67. The molecule has 1 amide bonds. The van der Waals surface area contributed by atoms with Crippen LogP contribution in [0, 0.1) is 5.92 Å². The number of anilines is 1. The number of carbonyl (C=O) groups excluding carboxylic acids is 1. The van der Waals surface area contributed by atoms with Gasteiger partial charge >= 0.3 is 6.09 Å². The number of nitrogens with zero attached hydrogens (tertiary/aromatic N) is 3. The van der Waals surface area contributed by atoms with Gasteiger partial charge in [0.15, 0.2) is 0 Å². The molecule has 1 aromatic heterocycles. The van der Waals surface area contributed by atoms with Crippen LogP contribution in [0.3, 0.4) is 0 Å². The number of aromatic nitrogens is 2. The monoisotopic (exact) mass is 294 g/mol. The third kappa shape index (κ3) is 4.65. The largest absolute Gasteiger partial charge is 0.450 e. The predicted molar refractivity (Wildman–Crippen MR) is 82.3 cm³/mol. The van der Waals surface area contributed by atoms with Crippen molar-refractivity contribution < 1.29 is 9.53 Å². The van der Waals surface area contributed by atoms with Crippen molar-refractivity contribution in [2.45, 2.75) is 46.2 Å². The van der Waals surface area contributed by atoms with E-state index in [9.17, 15) is 4.79 Å². The summed E-state index contributed by atoms with van der Waals surface area (Å²) in [4.78, 5) is 13.4. The van der Waals surface area contributed by atoms with Gasteiger partial charge in [-0.2, -0.15) is 5.10 Å². The number of ether oxygens (including phenoxy) is 1. The topological polar surface area (TPSA) is 59.4 Å². The maximum atomic E-state index is 11.6. The second-order valence-electron chi connectivity index (χ2n) is 5.95. The highest BCUT2D eigenvalue weighted by atomic mass is 16.6. The summed E-state index contributed by atoms with van der Waals surface area (Å²) in [6.07, 6.45) is 5.61. The van der Waals surface area contributed by atoms with Crippen LogP contribution < -0.4 is 5.32 Å². The molecule has 0 spiro atoms. The Bertz CT molecular complexity index is 450. The van der Waals surface area contributed by atoms with Crippen molar-refractivity contribution in [2.75, 3.05) is 25.0 Å². The van der Waals surface area contributed by atoms with Crippen molar-refractivity contribution in [1.29, 1.82) is 0 Å². The SMILES string of the molecule is CCOC(=O)N1CCC(Nc2cnn(CC(C)C)c2)CC1. The van der Waals surface area contributed by atoms with Crippen molar-refractivity contribution in [1.82, 2.24) is 14.7 Å². The summed E-state index contributed by atoms with van der Waals surface area (Å²) in [5.41, 5.74) is 1.06. The van der Waals surface area contributed by atoms with Crippen molar-refractivity contribution in [2.24, 2.45) is 5.92 Å². The van der Waals surface area contributed by atoms with Crippen LogP contribution in [0.15, 0.2) is 12.4 Å². The summed E-state index contributed by atoms with van der Waals surface area (Å²) in [6.45, 7) is 9.06. The highest BCUT2D eigenvalue weighted by Gasteiger charge is 2.23. The molecule has 6 nitrogen and oxygen atoms in total. The van der Waals surface area contributed by atoms with E-state index in [1.807, 2.05) is 17.8 Å². The van der Waals surface area contributed by atoms with Crippen molar-refractivity contribution >= 4 is 11.8 Å². The minimum absolute atomic E-state index is 0.194. The molecule has 0 atom stereocenters. The number of nitrogens with one attached hydrogen (secondary N) is 1. The van der Waals surface area contributed by atoms with Gasteiger partial charge in [0.25, 0.3) is 0 Å². The molecule has 118 valence electrons. The van der Waals surface area contributed by atoms with Gasteiger partial charge in [-0.05, 0) is 25.7 Å². The maximum absolute atomic E-state index is 11.6. The summed E-state index contributed by atoms with van der Waals surface area (Å²) in [7, 11) is 0. The summed E-state index contributed by atoms with van der Waals surface area (Å²) in [5, 5.41) is 7.86. The number of carbonyl (C=O) groups is 1. The zero-order valence-electron chi connectivity index (χ0n) is 13.2. The zero-order chi connectivity index (χ0) is 15.2. The van der Waals surface area contributed by atoms with E-state index in [-0.39, 0.29) is 6.09 Å². The highest BCUT2D eigenvalue weighted by Crippen LogP contribution is 2.17. The third-order valence-electron chi connectivity index (χ3n) is 3.58. The van der Waals surface area contributed by atoms with Crippen LogP contribution in [0.25, 0.3) is 0 Å². The first kappa shape index (κ1) is 15.7. The second-order valence-corrected chi connectivity index (χ2v) is 5.95. The average molecular weight is 294 g/mol. The van der Waals surface area contributed by atoms with E-state index in [1.165, 1.54) is 0 Å². The fourth-order valence-corrected chi connectivity index (χ4v) is 2.57. The van der Waals surface area contributed by atoms with Crippen LogP contribution in [0.4, 0.5) is 10.5 Å². The van der Waals surface area contributed by atoms with Crippen LogP contribution in [0.1, 0.15) is 33.6 Å². The van der Waals surface area contributed by atoms with E-state index in [2.05, 4.69) is 30.5 Å². The Hall–Kier alpha value is -1.72. The number of amides is 1. The molecule has 0 bridgehead atoms. The lowest BCUT2D eigenvalue weighted by atomic mass is 10.1. The number of piperidine rings is 1. The first-order chi connectivity index (χ1) is 10.1. The summed E-state index contributed by atoms with van der Waals surface area (Å²) in [5.74, 6) is 0.588. The lowest BCUT2D eigenvalue weighted by molar-refractivity contribution is 0.0983. The number of hydrogen-bond donors (Lipinski definition) is 1. The molecule has 1 aromatic rings. The van der Waals surface area contributed by atoms with Gasteiger partial charge in [-0.3, -0.25) is 4.68 Å². The smallest absolute Gasteiger partial charge is 0.409 e. The Morgan fingerprint density at radius 1 is 1.48 bits per heavy atom. The minimum atomic E-state index is -0.194. The lowest BCUT2D eigenvalue weighted by Crippen LogP contribution is -2.42. The summed E-state index contributed by atoms with van der Waals surface area (Å²) < 4.78 is 7.00. The van der Waals surface area contributed by atoms with Gasteiger partial charge in [-0.25, -0.2) is 4.79 Å². The molecule has 1 aliphatic heterocycles. The molecular formula is C15H26N4O2. The van der Waals surface area contributed by atoms with Gasteiger partial charge in [-0.1, -0.05) is 13.8 Å². The number of likely N-dealkylation sites (tertiary alicyclic amines) is 1. The Kier molecular flexibility index (Phi) is 5.47. The molecule has 0 aromatic carbocycles. The molecule has 6 heteroatoms. The summed E-state index contributed by atoms with van der Waals surface area (Å²) in [6, 6.07) is 0.396. The molecule has 1 fully saturated rings. The van der Waals surface area contributed by atoms with Crippen molar-refractivity contribution in [3.63, 3.8) is 0 Å². The molecule has 1 N–H and O–H groups in total. The van der Waals surface area contributed by atoms with E-state index in [4.69, 9.17) is 4.74 Å². The van der Waals surface area contributed by atoms with E-state index >= 15 is 0 Å². The molecule has 21 heavy (non-hydrogen) atoms. The molecular weight excluding hydrogens is 268 g/mol. The molecule has 1 saturated heterocycles. The van der Waals surface area contributed by atoms with Gasteiger partial charge in [0.2, 0.25) is 0 Å². The van der Waals surface area contributed by atoms with Crippen LogP contribution in [0.5, 0.6) is 0 Å². The molecule has 1 aliphatic rings. The first-order valence-electron chi connectivity index (χ1n) is 7.79. The van der Waals surface area contributed by atoms with E-state index in [0.717, 1.165) is 38.2 Å². The zero-order valence-corrected chi connectivity index (χ0v) is 13.2.